The number of alkyl halides is 16. The first-order valence-electron chi connectivity index (χ1n) is 11.4. The summed E-state index contributed by atoms with van der Waals surface area (Å²) in [6.07, 6.45) is -5.77. The molecular formula is C21H28F16. The minimum absolute atomic E-state index is 0.142. The molecule has 224 valence electrons. The van der Waals surface area contributed by atoms with Gasteiger partial charge in [-0.15, -0.1) is 0 Å². The summed E-state index contributed by atoms with van der Waals surface area (Å²) >= 11 is 0. The lowest BCUT2D eigenvalue weighted by Gasteiger charge is -2.43. The van der Waals surface area contributed by atoms with Gasteiger partial charge >= 0.3 is 41.5 Å². The molecule has 0 rings (SSSR count). The highest BCUT2D eigenvalue weighted by molar-refractivity contribution is 5.14. The van der Waals surface area contributed by atoms with E-state index in [1.807, 2.05) is 6.92 Å². The number of halogens is 16. The molecule has 37 heavy (non-hydrogen) atoms. The van der Waals surface area contributed by atoms with Gasteiger partial charge in [0.2, 0.25) is 0 Å². The van der Waals surface area contributed by atoms with Crippen LogP contribution in [-0.2, 0) is 0 Å². The van der Waals surface area contributed by atoms with Gasteiger partial charge in [0.05, 0.1) is 6.67 Å². The predicted octanol–water partition coefficient (Wildman–Crippen LogP) is 10.1. The van der Waals surface area contributed by atoms with Crippen molar-refractivity contribution in [3.63, 3.8) is 0 Å². The first-order chi connectivity index (χ1) is 16.5. The van der Waals surface area contributed by atoms with Crippen molar-refractivity contribution < 1.29 is 70.2 Å². The Bertz CT molecular complexity index is 673. The van der Waals surface area contributed by atoms with E-state index in [-0.39, 0.29) is 12.8 Å². The summed E-state index contributed by atoms with van der Waals surface area (Å²) in [6, 6.07) is 0. The van der Waals surface area contributed by atoms with E-state index in [0.717, 1.165) is 25.7 Å². The van der Waals surface area contributed by atoms with Crippen LogP contribution >= 0.6 is 0 Å². The maximum absolute atomic E-state index is 13.8. The maximum Gasteiger partial charge on any atom is 0.384 e. The average molecular weight is 584 g/mol. The molecule has 1 unspecified atom stereocenters. The summed E-state index contributed by atoms with van der Waals surface area (Å²) in [6.45, 7) is -0.278. The summed E-state index contributed by atoms with van der Waals surface area (Å²) in [5, 5.41) is 0. The van der Waals surface area contributed by atoms with Crippen molar-refractivity contribution >= 4 is 0 Å². The van der Waals surface area contributed by atoms with Crippen molar-refractivity contribution in [2.24, 2.45) is 0 Å². The van der Waals surface area contributed by atoms with Gasteiger partial charge in [0.25, 0.3) is 0 Å². The topological polar surface area (TPSA) is 0 Å². The third kappa shape index (κ3) is 6.91. The number of hydrogen-bond donors (Lipinski definition) is 0. The first-order valence-corrected chi connectivity index (χ1v) is 11.4. The highest BCUT2D eigenvalue weighted by atomic mass is 19.4. The van der Waals surface area contributed by atoms with Gasteiger partial charge in [0.1, 0.15) is 0 Å². The van der Waals surface area contributed by atoms with Gasteiger partial charge in [-0.2, -0.15) is 61.5 Å². The molecule has 0 saturated carbocycles. The minimum atomic E-state index is -8.24. The van der Waals surface area contributed by atoms with Gasteiger partial charge in [0, 0.05) is 12.8 Å². The van der Waals surface area contributed by atoms with Crippen molar-refractivity contribution in [3.8, 4) is 0 Å². The van der Waals surface area contributed by atoms with Crippen LogP contribution in [0.2, 0.25) is 0 Å². The molecule has 16 heteroatoms. The molecule has 0 bridgehead atoms. The highest BCUT2D eigenvalue weighted by Crippen LogP contribution is 2.63. The Morgan fingerprint density at radius 1 is 0.486 bits per heavy atom. The standard InChI is InChI=1S/C21H28F16/c1-2-3-4-5-6-7-8-9-10-12-15(24,25)17(28,29)19(32,33)21(36,37)20(34,35)18(30,31)16(26,27)14(23)11-13-22/h14H,2-13H2,1H3. The molecule has 0 aromatic rings. The third-order valence-corrected chi connectivity index (χ3v) is 5.81. The summed E-state index contributed by atoms with van der Waals surface area (Å²) in [4.78, 5) is 0. The fraction of sp³-hybridized carbons (Fsp3) is 1.00. The van der Waals surface area contributed by atoms with E-state index in [1.165, 1.54) is 0 Å². The van der Waals surface area contributed by atoms with Gasteiger partial charge in [-0.25, -0.2) is 4.39 Å². The summed E-state index contributed by atoms with van der Waals surface area (Å²) in [5.74, 6) is -52.8. The van der Waals surface area contributed by atoms with Crippen LogP contribution in [0.3, 0.4) is 0 Å². The summed E-state index contributed by atoms with van der Waals surface area (Å²) in [5.41, 5.74) is 0. The van der Waals surface area contributed by atoms with Crippen LogP contribution in [0.4, 0.5) is 70.2 Å². The Hall–Kier alpha value is -1.12. The summed E-state index contributed by atoms with van der Waals surface area (Å²) < 4.78 is 217. The van der Waals surface area contributed by atoms with Gasteiger partial charge < -0.3 is 0 Å². The molecule has 0 radical (unpaired) electrons. The number of rotatable bonds is 19. The van der Waals surface area contributed by atoms with Crippen molar-refractivity contribution in [1.29, 1.82) is 0 Å². The SMILES string of the molecule is CCCCCCCCCCCC(F)(F)C(F)(F)C(F)(F)C(F)(F)C(F)(F)C(F)(F)C(F)(F)C(F)CCF. The quantitative estimate of drug-likeness (QED) is 0.105. The van der Waals surface area contributed by atoms with Crippen molar-refractivity contribution in [2.45, 2.75) is 125 Å². The highest BCUT2D eigenvalue weighted by Gasteiger charge is 2.93. The Balaban J connectivity index is 5.71. The van der Waals surface area contributed by atoms with Gasteiger partial charge in [-0.05, 0) is 6.42 Å². The molecule has 0 spiro atoms. The molecule has 0 N–H and O–H groups in total. The van der Waals surface area contributed by atoms with E-state index in [2.05, 4.69) is 0 Å². The van der Waals surface area contributed by atoms with Crippen LogP contribution in [-0.4, -0.2) is 54.3 Å². The fourth-order valence-corrected chi connectivity index (χ4v) is 3.32. The molecule has 0 aliphatic rings. The number of hydrogen-bond acceptors (Lipinski definition) is 0. The molecule has 0 fully saturated rings. The van der Waals surface area contributed by atoms with Crippen LogP contribution in [0.25, 0.3) is 0 Å². The van der Waals surface area contributed by atoms with E-state index in [9.17, 15) is 70.2 Å². The normalized spacial score (nSPS) is 15.8. The maximum atomic E-state index is 13.8. The second kappa shape index (κ2) is 12.8. The molecule has 0 aliphatic heterocycles. The molecule has 0 amide bonds. The monoisotopic (exact) mass is 584 g/mol. The Labute approximate surface area is 203 Å². The van der Waals surface area contributed by atoms with Crippen LogP contribution in [0.5, 0.6) is 0 Å². The second-order valence-electron chi connectivity index (χ2n) is 8.72. The summed E-state index contributed by atoms with van der Waals surface area (Å²) in [7, 11) is 0. The third-order valence-electron chi connectivity index (χ3n) is 5.81. The van der Waals surface area contributed by atoms with E-state index in [4.69, 9.17) is 0 Å². The molecule has 0 aromatic heterocycles. The molecule has 0 heterocycles. The second-order valence-corrected chi connectivity index (χ2v) is 8.72. The molecular weight excluding hydrogens is 556 g/mol. The largest absolute Gasteiger partial charge is 0.384 e. The number of unbranched alkanes of at least 4 members (excludes halogenated alkanes) is 8. The Kier molecular flexibility index (Phi) is 12.4. The van der Waals surface area contributed by atoms with Gasteiger partial charge in [-0.3, -0.25) is 4.39 Å². The van der Waals surface area contributed by atoms with Gasteiger partial charge in [0.15, 0.2) is 6.17 Å². The van der Waals surface area contributed by atoms with Crippen molar-refractivity contribution in [2.75, 3.05) is 6.67 Å². The fourth-order valence-electron chi connectivity index (χ4n) is 3.32. The van der Waals surface area contributed by atoms with E-state index in [0.29, 0.717) is 12.8 Å². The van der Waals surface area contributed by atoms with Crippen LogP contribution in [0, 0.1) is 0 Å². The first kappa shape index (κ1) is 35.9. The lowest BCUT2D eigenvalue weighted by molar-refractivity contribution is -0.444. The van der Waals surface area contributed by atoms with Crippen molar-refractivity contribution in [1.82, 2.24) is 0 Å². The van der Waals surface area contributed by atoms with E-state index in [1.54, 1.807) is 0 Å². The zero-order chi connectivity index (χ0) is 29.6. The Morgan fingerprint density at radius 3 is 1.24 bits per heavy atom. The van der Waals surface area contributed by atoms with Crippen molar-refractivity contribution in [3.05, 3.63) is 0 Å². The predicted molar refractivity (Wildman–Crippen MR) is 102 cm³/mol. The van der Waals surface area contributed by atoms with E-state index >= 15 is 0 Å². The van der Waals surface area contributed by atoms with Gasteiger partial charge in [-0.1, -0.05) is 58.3 Å². The molecule has 0 nitrogen and oxygen atoms in total. The van der Waals surface area contributed by atoms with Crippen LogP contribution in [0.1, 0.15) is 77.6 Å². The lowest BCUT2D eigenvalue weighted by atomic mass is 9.86. The molecule has 0 aliphatic carbocycles. The minimum Gasteiger partial charge on any atom is -0.251 e. The van der Waals surface area contributed by atoms with Crippen LogP contribution in [0.15, 0.2) is 0 Å². The molecule has 0 aromatic carbocycles. The molecule has 1 atom stereocenters. The zero-order valence-electron chi connectivity index (χ0n) is 19.6. The average Bonchev–Trinajstić information content (AvgIpc) is 2.77. The van der Waals surface area contributed by atoms with Crippen LogP contribution < -0.4 is 0 Å². The Morgan fingerprint density at radius 2 is 0.838 bits per heavy atom. The lowest BCUT2D eigenvalue weighted by Crippen LogP contribution is -2.73. The zero-order valence-corrected chi connectivity index (χ0v) is 19.6. The molecule has 0 saturated heterocycles. The van der Waals surface area contributed by atoms with E-state index < -0.39 is 73.6 Å². The smallest absolute Gasteiger partial charge is 0.251 e.